The Morgan fingerprint density at radius 1 is 1.64 bits per heavy atom. The molecule has 0 aromatic rings. The first-order valence-electron chi connectivity index (χ1n) is 3.83. The fourth-order valence-electron chi connectivity index (χ4n) is 1.61. The molecule has 0 bridgehead atoms. The van der Waals surface area contributed by atoms with Crippen molar-refractivity contribution < 1.29 is 9.90 Å². The molecule has 60 valence electrons. The Bertz CT molecular complexity index is 195. The third-order valence-corrected chi connectivity index (χ3v) is 2.27. The maximum atomic E-state index is 10.5. The van der Waals surface area contributed by atoms with E-state index in [9.17, 15) is 4.79 Å². The quantitative estimate of drug-likeness (QED) is 0.652. The van der Waals surface area contributed by atoms with Crippen LogP contribution in [0.4, 0.5) is 0 Å². The lowest BCUT2D eigenvalue weighted by Crippen LogP contribution is -2.09. The van der Waals surface area contributed by atoms with Crippen molar-refractivity contribution in [2.24, 2.45) is 11.8 Å². The summed E-state index contributed by atoms with van der Waals surface area (Å²) >= 11 is 0. The third-order valence-electron chi connectivity index (χ3n) is 2.27. The van der Waals surface area contributed by atoms with Gasteiger partial charge in [-0.15, -0.1) is 0 Å². The molecule has 1 saturated carbocycles. The Morgan fingerprint density at radius 2 is 2.36 bits per heavy atom. The van der Waals surface area contributed by atoms with Gasteiger partial charge in [-0.3, -0.25) is 4.79 Å². The number of nitriles is 1. The zero-order chi connectivity index (χ0) is 8.27. The second kappa shape index (κ2) is 3.38. The molecule has 0 unspecified atom stereocenters. The molecule has 11 heavy (non-hydrogen) atoms. The van der Waals surface area contributed by atoms with E-state index in [4.69, 9.17) is 10.4 Å². The van der Waals surface area contributed by atoms with Crippen LogP contribution in [-0.2, 0) is 4.79 Å². The smallest absolute Gasteiger partial charge is 0.306 e. The van der Waals surface area contributed by atoms with Crippen LogP contribution >= 0.6 is 0 Å². The molecule has 0 saturated heterocycles. The first kappa shape index (κ1) is 8.06. The molecule has 1 rings (SSSR count). The van der Waals surface area contributed by atoms with E-state index in [1.165, 1.54) is 0 Å². The molecule has 1 fully saturated rings. The summed E-state index contributed by atoms with van der Waals surface area (Å²) in [5.74, 6) is -0.556. The summed E-state index contributed by atoms with van der Waals surface area (Å²) in [5.41, 5.74) is 0. The highest BCUT2D eigenvalue weighted by Gasteiger charge is 2.29. The SMILES string of the molecule is N#CC[C@H]1CC[C@@H](C(=O)O)C1. The molecule has 3 heteroatoms. The molecule has 1 N–H and O–H groups in total. The molecule has 1 aliphatic rings. The van der Waals surface area contributed by atoms with Crippen molar-refractivity contribution in [3.63, 3.8) is 0 Å². The molecule has 1 aliphatic carbocycles. The van der Waals surface area contributed by atoms with E-state index in [-0.39, 0.29) is 5.92 Å². The van der Waals surface area contributed by atoms with Gasteiger partial charge in [0, 0.05) is 6.42 Å². The van der Waals surface area contributed by atoms with E-state index < -0.39 is 5.97 Å². The van der Waals surface area contributed by atoms with Gasteiger partial charge < -0.3 is 5.11 Å². The maximum Gasteiger partial charge on any atom is 0.306 e. The van der Waals surface area contributed by atoms with Crippen molar-refractivity contribution in [2.75, 3.05) is 0 Å². The van der Waals surface area contributed by atoms with Gasteiger partial charge in [-0.05, 0) is 25.2 Å². The fraction of sp³-hybridized carbons (Fsp3) is 0.750. The molecular formula is C8H11NO2. The number of aliphatic carboxylic acids is 1. The zero-order valence-electron chi connectivity index (χ0n) is 6.29. The predicted octanol–water partition coefficient (Wildman–Crippen LogP) is 1.40. The van der Waals surface area contributed by atoms with Gasteiger partial charge in [-0.1, -0.05) is 0 Å². The number of carbonyl (C=O) groups is 1. The van der Waals surface area contributed by atoms with Crippen LogP contribution in [0.15, 0.2) is 0 Å². The minimum absolute atomic E-state index is 0.187. The maximum absolute atomic E-state index is 10.5. The van der Waals surface area contributed by atoms with Crippen LogP contribution in [-0.4, -0.2) is 11.1 Å². The number of hydrogen-bond donors (Lipinski definition) is 1. The van der Waals surface area contributed by atoms with Crippen LogP contribution in [0.2, 0.25) is 0 Å². The van der Waals surface area contributed by atoms with Crippen LogP contribution in [0.3, 0.4) is 0 Å². The van der Waals surface area contributed by atoms with Crippen molar-refractivity contribution in [1.29, 1.82) is 5.26 Å². The van der Waals surface area contributed by atoms with Gasteiger partial charge in [0.25, 0.3) is 0 Å². The van der Waals surface area contributed by atoms with E-state index in [1.807, 2.05) is 0 Å². The van der Waals surface area contributed by atoms with Gasteiger partial charge >= 0.3 is 5.97 Å². The van der Waals surface area contributed by atoms with Gasteiger partial charge in [0.05, 0.1) is 12.0 Å². The highest BCUT2D eigenvalue weighted by molar-refractivity contribution is 5.70. The van der Waals surface area contributed by atoms with Gasteiger partial charge in [0.1, 0.15) is 0 Å². The number of nitrogens with zero attached hydrogens (tertiary/aromatic N) is 1. The Morgan fingerprint density at radius 3 is 2.82 bits per heavy atom. The summed E-state index contributed by atoms with van der Waals surface area (Å²) < 4.78 is 0. The first-order chi connectivity index (χ1) is 5.24. The van der Waals surface area contributed by atoms with Gasteiger partial charge in [-0.2, -0.15) is 5.26 Å². The molecule has 2 atom stereocenters. The lowest BCUT2D eigenvalue weighted by Gasteiger charge is -2.02. The largest absolute Gasteiger partial charge is 0.481 e. The van der Waals surface area contributed by atoms with Crippen LogP contribution in [0.25, 0.3) is 0 Å². The number of rotatable bonds is 2. The van der Waals surface area contributed by atoms with E-state index in [0.717, 1.165) is 12.8 Å². The van der Waals surface area contributed by atoms with Crippen molar-refractivity contribution in [3.05, 3.63) is 0 Å². The first-order valence-corrected chi connectivity index (χ1v) is 3.83. The molecule has 0 aliphatic heterocycles. The zero-order valence-corrected chi connectivity index (χ0v) is 6.29. The Kier molecular flexibility index (Phi) is 2.48. The molecule has 3 nitrogen and oxygen atoms in total. The average molecular weight is 153 g/mol. The molecule has 0 spiro atoms. The summed E-state index contributed by atoms with van der Waals surface area (Å²) in [7, 11) is 0. The standard InChI is InChI=1S/C8H11NO2/c9-4-3-6-1-2-7(5-6)8(10)11/h6-7H,1-3,5H2,(H,10,11)/t6-,7-/m1/s1. The highest BCUT2D eigenvalue weighted by atomic mass is 16.4. The van der Waals surface area contributed by atoms with E-state index >= 15 is 0 Å². The monoisotopic (exact) mass is 153 g/mol. The summed E-state index contributed by atoms with van der Waals surface area (Å²) in [6.45, 7) is 0. The van der Waals surface area contributed by atoms with E-state index in [1.54, 1.807) is 0 Å². The van der Waals surface area contributed by atoms with Gasteiger partial charge in [0.2, 0.25) is 0 Å². The second-order valence-electron chi connectivity index (χ2n) is 3.08. The molecular weight excluding hydrogens is 142 g/mol. The minimum Gasteiger partial charge on any atom is -0.481 e. The van der Waals surface area contributed by atoms with Crippen LogP contribution in [0, 0.1) is 23.2 Å². The normalized spacial score (nSPS) is 29.7. The summed E-state index contributed by atoms with van der Waals surface area (Å²) in [5, 5.41) is 17.0. The molecule has 0 aromatic carbocycles. The third kappa shape index (κ3) is 1.94. The van der Waals surface area contributed by atoms with E-state index in [0.29, 0.717) is 18.8 Å². The second-order valence-corrected chi connectivity index (χ2v) is 3.08. The average Bonchev–Trinajstić information content (AvgIpc) is 2.37. The highest BCUT2D eigenvalue weighted by Crippen LogP contribution is 2.32. The van der Waals surface area contributed by atoms with Crippen LogP contribution in [0.1, 0.15) is 25.7 Å². The van der Waals surface area contributed by atoms with E-state index in [2.05, 4.69) is 6.07 Å². The fourth-order valence-corrected chi connectivity index (χ4v) is 1.61. The molecule has 0 radical (unpaired) electrons. The number of carboxylic acid groups (broad SMARTS) is 1. The summed E-state index contributed by atoms with van der Waals surface area (Å²) in [4.78, 5) is 10.5. The van der Waals surface area contributed by atoms with Crippen molar-refractivity contribution in [3.8, 4) is 6.07 Å². The molecule has 0 aromatic heterocycles. The minimum atomic E-state index is -0.703. The van der Waals surface area contributed by atoms with Crippen LogP contribution in [0.5, 0.6) is 0 Å². The van der Waals surface area contributed by atoms with Crippen molar-refractivity contribution in [2.45, 2.75) is 25.7 Å². The lowest BCUT2D eigenvalue weighted by atomic mass is 10.0. The summed E-state index contributed by atoms with van der Waals surface area (Å²) in [6.07, 6.45) is 2.87. The van der Waals surface area contributed by atoms with Crippen molar-refractivity contribution >= 4 is 5.97 Å². The summed E-state index contributed by atoms with van der Waals surface area (Å²) in [6, 6.07) is 2.08. The topological polar surface area (TPSA) is 61.1 Å². The van der Waals surface area contributed by atoms with Crippen LogP contribution < -0.4 is 0 Å². The molecule has 0 heterocycles. The predicted molar refractivity (Wildman–Crippen MR) is 38.7 cm³/mol. The Hall–Kier alpha value is -1.04. The Balaban J connectivity index is 2.36. The van der Waals surface area contributed by atoms with Crippen molar-refractivity contribution in [1.82, 2.24) is 0 Å². The van der Waals surface area contributed by atoms with Gasteiger partial charge in [-0.25, -0.2) is 0 Å². The Labute approximate surface area is 65.6 Å². The number of hydrogen-bond acceptors (Lipinski definition) is 2. The van der Waals surface area contributed by atoms with Gasteiger partial charge in [0.15, 0.2) is 0 Å². The molecule has 0 amide bonds. The lowest BCUT2D eigenvalue weighted by molar-refractivity contribution is -0.141. The number of carboxylic acids is 1.